The van der Waals surface area contributed by atoms with E-state index in [4.69, 9.17) is 0 Å². The Morgan fingerprint density at radius 1 is 1.50 bits per heavy atom. The molecule has 0 aromatic heterocycles. The van der Waals surface area contributed by atoms with E-state index in [0.717, 1.165) is 25.4 Å². The Morgan fingerprint density at radius 3 is 2.75 bits per heavy atom. The van der Waals surface area contributed by atoms with Crippen LogP contribution in [0.4, 0.5) is 0 Å². The number of piperidine rings is 1. The van der Waals surface area contributed by atoms with E-state index in [1.165, 1.54) is 19.3 Å². The minimum atomic E-state index is 0.371. The molecule has 2 aliphatic rings. The second kappa shape index (κ2) is 2.84. The van der Waals surface area contributed by atoms with Gasteiger partial charge in [0.25, 0.3) is 0 Å². The van der Waals surface area contributed by atoms with Gasteiger partial charge in [-0.2, -0.15) is 0 Å². The number of ketones is 1. The monoisotopic (exact) mass is 167 g/mol. The number of hydrogen-bond donors (Lipinski definition) is 1. The van der Waals surface area contributed by atoms with Crippen molar-refractivity contribution in [1.82, 2.24) is 5.32 Å². The topological polar surface area (TPSA) is 29.1 Å². The Bertz CT molecular complexity index is 194. The van der Waals surface area contributed by atoms with Crippen molar-refractivity contribution in [3.8, 4) is 0 Å². The molecule has 1 heterocycles. The first kappa shape index (κ1) is 8.24. The third kappa shape index (κ3) is 1.40. The van der Waals surface area contributed by atoms with Crippen LogP contribution >= 0.6 is 0 Å². The largest absolute Gasteiger partial charge is 0.317 e. The molecule has 0 aromatic carbocycles. The fraction of sp³-hybridized carbons (Fsp3) is 0.900. The molecule has 1 saturated carbocycles. The zero-order valence-corrected chi connectivity index (χ0v) is 7.73. The van der Waals surface area contributed by atoms with Crippen LogP contribution < -0.4 is 5.32 Å². The van der Waals surface area contributed by atoms with Crippen molar-refractivity contribution < 1.29 is 4.79 Å². The lowest BCUT2D eigenvalue weighted by Crippen LogP contribution is -2.29. The Morgan fingerprint density at radius 2 is 2.17 bits per heavy atom. The second-order valence-electron chi connectivity index (χ2n) is 4.42. The van der Waals surface area contributed by atoms with Crippen LogP contribution in [0.5, 0.6) is 0 Å². The van der Waals surface area contributed by atoms with Gasteiger partial charge in [0.2, 0.25) is 0 Å². The summed E-state index contributed by atoms with van der Waals surface area (Å²) in [6, 6.07) is 0. The SMILES string of the molecule is CC(=O)CC1CC12CCNCC2. The van der Waals surface area contributed by atoms with E-state index in [2.05, 4.69) is 5.32 Å². The van der Waals surface area contributed by atoms with Gasteiger partial charge in [0.05, 0.1) is 0 Å². The molecule has 12 heavy (non-hydrogen) atoms. The summed E-state index contributed by atoms with van der Waals surface area (Å²) in [5.41, 5.74) is 0.594. The van der Waals surface area contributed by atoms with Gasteiger partial charge in [0.1, 0.15) is 5.78 Å². The number of nitrogens with one attached hydrogen (secondary N) is 1. The molecule has 1 spiro atoms. The number of Topliss-reactive ketones (excluding diaryl/α,β-unsaturated/α-hetero) is 1. The third-order valence-corrected chi connectivity index (χ3v) is 3.49. The van der Waals surface area contributed by atoms with Crippen LogP contribution in [0.2, 0.25) is 0 Å². The van der Waals surface area contributed by atoms with Crippen LogP contribution in [0, 0.1) is 11.3 Å². The fourth-order valence-electron chi connectivity index (χ4n) is 2.60. The zero-order valence-electron chi connectivity index (χ0n) is 7.73. The van der Waals surface area contributed by atoms with Gasteiger partial charge in [-0.05, 0) is 50.6 Å². The fourth-order valence-corrected chi connectivity index (χ4v) is 2.60. The predicted molar refractivity (Wildman–Crippen MR) is 47.9 cm³/mol. The number of carbonyl (C=O) groups excluding carboxylic acids is 1. The maximum absolute atomic E-state index is 10.9. The number of rotatable bonds is 2. The van der Waals surface area contributed by atoms with Gasteiger partial charge in [-0.3, -0.25) is 0 Å². The standard InChI is InChI=1S/C10H17NO/c1-8(12)6-9-7-10(9)2-4-11-5-3-10/h9,11H,2-7H2,1H3. The van der Waals surface area contributed by atoms with E-state index >= 15 is 0 Å². The van der Waals surface area contributed by atoms with Crippen molar-refractivity contribution in [3.63, 3.8) is 0 Å². The molecule has 2 heteroatoms. The highest BCUT2D eigenvalue weighted by atomic mass is 16.1. The molecule has 1 saturated heterocycles. The van der Waals surface area contributed by atoms with Crippen LogP contribution in [0.1, 0.15) is 32.6 Å². The van der Waals surface area contributed by atoms with Crippen molar-refractivity contribution in [2.45, 2.75) is 32.6 Å². The highest BCUT2D eigenvalue weighted by molar-refractivity contribution is 5.76. The molecule has 0 radical (unpaired) electrons. The highest BCUT2D eigenvalue weighted by Crippen LogP contribution is 2.60. The van der Waals surface area contributed by atoms with Crippen LogP contribution in [0.25, 0.3) is 0 Å². The van der Waals surface area contributed by atoms with Crippen molar-refractivity contribution in [2.75, 3.05) is 13.1 Å². The van der Waals surface area contributed by atoms with E-state index in [1.54, 1.807) is 6.92 Å². The predicted octanol–water partition coefficient (Wildman–Crippen LogP) is 1.36. The summed E-state index contributed by atoms with van der Waals surface area (Å²) in [4.78, 5) is 10.9. The first-order valence-corrected chi connectivity index (χ1v) is 4.93. The first-order chi connectivity index (χ1) is 5.73. The van der Waals surface area contributed by atoms with E-state index < -0.39 is 0 Å². The summed E-state index contributed by atoms with van der Waals surface area (Å²) in [6.07, 6.45) is 4.74. The summed E-state index contributed by atoms with van der Waals surface area (Å²) in [6.45, 7) is 4.04. The molecule has 2 fully saturated rings. The summed E-state index contributed by atoms with van der Waals surface area (Å²) in [7, 11) is 0. The van der Waals surface area contributed by atoms with Crippen molar-refractivity contribution in [3.05, 3.63) is 0 Å². The number of carbonyl (C=O) groups is 1. The Kier molecular flexibility index (Phi) is 1.95. The Labute approximate surface area is 73.7 Å². The molecular formula is C10H17NO. The minimum absolute atomic E-state index is 0.371. The van der Waals surface area contributed by atoms with Gasteiger partial charge in [-0.25, -0.2) is 0 Å². The van der Waals surface area contributed by atoms with E-state index in [0.29, 0.717) is 11.2 Å². The normalized spacial score (nSPS) is 31.9. The van der Waals surface area contributed by atoms with Crippen LogP contribution in [-0.2, 0) is 4.79 Å². The maximum atomic E-state index is 10.9. The molecule has 68 valence electrons. The quantitative estimate of drug-likeness (QED) is 0.672. The Hall–Kier alpha value is -0.370. The molecule has 2 nitrogen and oxygen atoms in total. The van der Waals surface area contributed by atoms with Crippen molar-refractivity contribution >= 4 is 5.78 Å². The Balaban J connectivity index is 1.86. The third-order valence-electron chi connectivity index (χ3n) is 3.49. The van der Waals surface area contributed by atoms with Gasteiger partial charge in [-0.1, -0.05) is 0 Å². The maximum Gasteiger partial charge on any atom is 0.130 e. The van der Waals surface area contributed by atoms with E-state index in [9.17, 15) is 4.79 Å². The molecule has 1 atom stereocenters. The van der Waals surface area contributed by atoms with Gasteiger partial charge in [0, 0.05) is 6.42 Å². The first-order valence-electron chi connectivity index (χ1n) is 4.93. The molecule has 0 amide bonds. The van der Waals surface area contributed by atoms with Gasteiger partial charge >= 0.3 is 0 Å². The number of hydrogen-bond acceptors (Lipinski definition) is 2. The molecule has 1 aliphatic heterocycles. The van der Waals surface area contributed by atoms with Crippen LogP contribution in [0.15, 0.2) is 0 Å². The van der Waals surface area contributed by atoms with E-state index in [-0.39, 0.29) is 0 Å². The average molecular weight is 167 g/mol. The van der Waals surface area contributed by atoms with Crippen LogP contribution in [-0.4, -0.2) is 18.9 Å². The summed E-state index contributed by atoms with van der Waals surface area (Å²) < 4.78 is 0. The zero-order chi connectivity index (χ0) is 8.60. The molecule has 1 unspecified atom stereocenters. The van der Waals surface area contributed by atoms with Crippen molar-refractivity contribution in [1.29, 1.82) is 0 Å². The molecular weight excluding hydrogens is 150 g/mol. The molecule has 0 aromatic rings. The summed E-state index contributed by atoms with van der Waals surface area (Å²) in [5, 5.41) is 3.37. The molecule has 2 rings (SSSR count). The smallest absolute Gasteiger partial charge is 0.130 e. The lowest BCUT2D eigenvalue weighted by Gasteiger charge is -2.23. The summed E-state index contributed by atoms with van der Waals surface area (Å²) in [5.74, 6) is 1.10. The van der Waals surface area contributed by atoms with Gasteiger partial charge in [-0.15, -0.1) is 0 Å². The molecule has 1 aliphatic carbocycles. The molecule has 1 N–H and O–H groups in total. The highest BCUT2D eigenvalue weighted by Gasteiger charge is 2.53. The minimum Gasteiger partial charge on any atom is -0.317 e. The second-order valence-corrected chi connectivity index (χ2v) is 4.42. The van der Waals surface area contributed by atoms with Crippen molar-refractivity contribution in [2.24, 2.45) is 11.3 Å². The van der Waals surface area contributed by atoms with Gasteiger partial charge < -0.3 is 10.1 Å². The molecule has 0 bridgehead atoms. The average Bonchev–Trinajstić information content (AvgIpc) is 2.63. The lowest BCUT2D eigenvalue weighted by molar-refractivity contribution is -0.117. The van der Waals surface area contributed by atoms with Crippen LogP contribution in [0.3, 0.4) is 0 Å². The lowest BCUT2D eigenvalue weighted by atomic mass is 9.90. The van der Waals surface area contributed by atoms with Gasteiger partial charge in [0.15, 0.2) is 0 Å². The van der Waals surface area contributed by atoms with E-state index in [1.807, 2.05) is 0 Å². The summed E-state index contributed by atoms with van der Waals surface area (Å²) >= 11 is 0.